The molecule has 1 aromatic heterocycles. The van der Waals surface area contributed by atoms with Crippen molar-refractivity contribution in [3.05, 3.63) is 54.7 Å². The Labute approximate surface area is 84.3 Å². The first-order valence-electron chi connectivity index (χ1n) is 4.51. The molecule has 0 bridgehead atoms. The van der Waals surface area contributed by atoms with Crippen LogP contribution in [0.15, 0.2) is 54.7 Å². The molecule has 3 heteroatoms. The van der Waals surface area contributed by atoms with Gasteiger partial charge in [0.15, 0.2) is 0 Å². The molecule has 0 aliphatic rings. The molecule has 1 N–H and O–H groups in total. The monoisotopic (exact) mass is 181 g/mol. The lowest BCUT2D eigenvalue weighted by atomic mass is 9.83. The van der Waals surface area contributed by atoms with Gasteiger partial charge in [0.2, 0.25) is 0 Å². The number of benzene rings is 1. The third kappa shape index (κ3) is 2.36. The SMILES string of the molecule is [B](Nc1ccccn1)c1ccccc1. The third-order valence-corrected chi connectivity index (χ3v) is 1.85. The second-order valence-electron chi connectivity index (χ2n) is 2.91. The van der Waals surface area contributed by atoms with Crippen molar-refractivity contribution < 1.29 is 0 Å². The highest BCUT2D eigenvalue weighted by atomic mass is 14.9. The summed E-state index contributed by atoms with van der Waals surface area (Å²) < 4.78 is 0. The van der Waals surface area contributed by atoms with Gasteiger partial charge in [0.25, 0.3) is 7.41 Å². The molecule has 2 aromatic rings. The molecule has 67 valence electrons. The Morgan fingerprint density at radius 2 is 1.71 bits per heavy atom. The summed E-state index contributed by atoms with van der Waals surface area (Å²) in [6, 6.07) is 15.9. The molecule has 2 nitrogen and oxygen atoms in total. The first-order chi connectivity index (χ1) is 6.95. The Morgan fingerprint density at radius 1 is 0.929 bits per heavy atom. The van der Waals surface area contributed by atoms with Gasteiger partial charge in [0.1, 0.15) is 5.82 Å². The Morgan fingerprint density at radius 3 is 2.43 bits per heavy atom. The highest BCUT2D eigenvalue weighted by Crippen LogP contribution is 1.97. The minimum atomic E-state index is 0.858. The van der Waals surface area contributed by atoms with Gasteiger partial charge in [-0.05, 0) is 12.1 Å². The predicted octanol–water partition coefficient (Wildman–Crippen LogP) is 1.44. The molecule has 14 heavy (non-hydrogen) atoms. The molecular weight excluding hydrogens is 171 g/mol. The molecule has 0 saturated carbocycles. The fourth-order valence-electron chi connectivity index (χ4n) is 1.15. The van der Waals surface area contributed by atoms with Gasteiger partial charge in [-0.15, -0.1) is 0 Å². The van der Waals surface area contributed by atoms with Crippen molar-refractivity contribution >= 4 is 18.7 Å². The maximum Gasteiger partial charge on any atom is 0.283 e. The molecule has 0 atom stereocenters. The van der Waals surface area contributed by atoms with Crippen LogP contribution in [-0.4, -0.2) is 12.4 Å². The van der Waals surface area contributed by atoms with Crippen molar-refractivity contribution in [1.82, 2.24) is 4.98 Å². The van der Waals surface area contributed by atoms with E-state index in [1.54, 1.807) is 6.20 Å². The summed E-state index contributed by atoms with van der Waals surface area (Å²) in [5, 5.41) is 3.12. The zero-order valence-electron chi connectivity index (χ0n) is 7.72. The van der Waals surface area contributed by atoms with Gasteiger partial charge in [-0.1, -0.05) is 41.9 Å². The lowest BCUT2D eigenvalue weighted by molar-refractivity contribution is 1.33. The molecule has 2 rings (SSSR count). The molecule has 1 heterocycles. The lowest BCUT2D eigenvalue weighted by Crippen LogP contribution is -2.22. The number of anilines is 1. The van der Waals surface area contributed by atoms with Crippen LogP contribution in [0.1, 0.15) is 0 Å². The second kappa shape index (κ2) is 4.47. The molecule has 1 aromatic carbocycles. The van der Waals surface area contributed by atoms with Gasteiger partial charge < -0.3 is 5.23 Å². The number of nitrogens with zero attached hydrogens (tertiary/aromatic N) is 1. The fourth-order valence-corrected chi connectivity index (χ4v) is 1.15. The van der Waals surface area contributed by atoms with Crippen LogP contribution in [0, 0.1) is 0 Å². The average Bonchev–Trinajstić information content (AvgIpc) is 2.29. The van der Waals surface area contributed by atoms with Crippen LogP contribution in [0.5, 0.6) is 0 Å². The first kappa shape index (κ1) is 8.82. The fraction of sp³-hybridized carbons (Fsp3) is 0. The number of aromatic nitrogens is 1. The summed E-state index contributed by atoms with van der Waals surface area (Å²) >= 11 is 0. The van der Waals surface area contributed by atoms with Gasteiger partial charge in [0, 0.05) is 6.20 Å². The van der Waals surface area contributed by atoms with Gasteiger partial charge in [-0.25, -0.2) is 4.98 Å². The molecule has 0 unspecified atom stereocenters. The highest BCUT2D eigenvalue weighted by Gasteiger charge is 1.95. The molecule has 1 radical (unpaired) electrons. The molecule has 0 fully saturated rings. The molecule has 0 saturated heterocycles. The van der Waals surface area contributed by atoms with E-state index in [9.17, 15) is 0 Å². The minimum absolute atomic E-state index is 0.858. The smallest absolute Gasteiger partial charge is 0.283 e. The summed E-state index contributed by atoms with van der Waals surface area (Å²) in [6.07, 6.45) is 1.77. The first-order valence-corrected chi connectivity index (χ1v) is 4.51. The second-order valence-corrected chi connectivity index (χ2v) is 2.91. The van der Waals surface area contributed by atoms with E-state index in [4.69, 9.17) is 0 Å². The maximum absolute atomic E-state index is 4.15. The Kier molecular flexibility index (Phi) is 2.81. The van der Waals surface area contributed by atoms with E-state index in [0.29, 0.717) is 0 Å². The topological polar surface area (TPSA) is 24.9 Å². The summed E-state index contributed by atoms with van der Waals surface area (Å²) in [7, 11) is 1.93. The molecule has 0 aliphatic heterocycles. The van der Waals surface area contributed by atoms with Crippen LogP contribution in [0.3, 0.4) is 0 Å². The van der Waals surface area contributed by atoms with Crippen LogP contribution < -0.4 is 10.7 Å². The largest absolute Gasteiger partial charge is 0.413 e. The van der Waals surface area contributed by atoms with E-state index in [2.05, 4.69) is 10.2 Å². The van der Waals surface area contributed by atoms with Gasteiger partial charge in [0.05, 0.1) is 0 Å². The number of nitrogens with one attached hydrogen (secondary N) is 1. The third-order valence-electron chi connectivity index (χ3n) is 1.85. The predicted molar refractivity (Wildman–Crippen MR) is 59.7 cm³/mol. The van der Waals surface area contributed by atoms with Crippen molar-refractivity contribution in [3.63, 3.8) is 0 Å². The maximum atomic E-state index is 4.15. The summed E-state index contributed by atoms with van der Waals surface area (Å²) in [5.41, 5.74) is 1.14. The quantitative estimate of drug-likeness (QED) is 0.724. The van der Waals surface area contributed by atoms with E-state index < -0.39 is 0 Å². The Hall–Kier alpha value is -1.77. The van der Waals surface area contributed by atoms with Crippen LogP contribution >= 0.6 is 0 Å². The standard InChI is InChI=1S/C11H10BN2/c1-2-6-10(7-3-1)12-14-11-8-4-5-9-13-11/h1-9H,(H,13,14). The van der Waals surface area contributed by atoms with Crippen LogP contribution in [0.25, 0.3) is 0 Å². The van der Waals surface area contributed by atoms with Crippen molar-refractivity contribution in [3.8, 4) is 0 Å². The normalized spacial score (nSPS) is 9.43. The van der Waals surface area contributed by atoms with Crippen molar-refractivity contribution in [2.24, 2.45) is 0 Å². The van der Waals surface area contributed by atoms with E-state index in [1.807, 2.05) is 55.9 Å². The van der Waals surface area contributed by atoms with Crippen molar-refractivity contribution in [2.75, 3.05) is 5.23 Å². The van der Waals surface area contributed by atoms with E-state index >= 15 is 0 Å². The number of hydrogen-bond donors (Lipinski definition) is 1. The van der Waals surface area contributed by atoms with Gasteiger partial charge in [-0.3, -0.25) is 0 Å². The van der Waals surface area contributed by atoms with Crippen LogP contribution in [-0.2, 0) is 0 Å². The summed E-state index contributed by atoms with van der Waals surface area (Å²) in [6.45, 7) is 0. The van der Waals surface area contributed by atoms with E-state index in [0.717, 1.165) is 11.3 Å². The zero-order valence-corrected chi connectivity index (χ0v) is 7.72. The van der Waals surface area contributed by atoms with E-state index in [1.165, 1.54) is 0 Å². The molecule has 0 amide bonds. The van der Waals surface area contributed by atoms with Crippen LogP contribution in [0.4, 0.5) is 5.82 Å². The summed E-state index contributed by atoms with van der Waals surface area (Å²) in [4.78, 5) is 4.15. The number of pyridine rings is 1. The molecular formula is C11H10BN2. The zero-order chi connectivity index (χ0) is 9.64. The number of rotatable bonds is 3. The van der Waals surface area contributed by atoms with Gasteiger partial charge >= 0.3 is 0 Å². The Bertz CT molecular complexity index is 336. The van der Waals surface area contributed by atoms with Crippen LogP contribution in [0.2, 0.25) is 0 Å². The van der Waals surface area contributed by atoms with Crippen molar-refractivity contribution in [1.29, 1.82) is 0 Å². The lowest BCUT2D eigenvalue weighted by Gasteiger charge is -2.02. The minimum Gasteiger partial charge on any atom is -0.413 e. The Balaban J connectivity index is 1.96. The van der Waals surface area contributed by atoms with Crippen molar-refractivity contribution in [2.45, 2.75) is 0 Å². The molecule has 0 spiro atoms. The number of hydrogen-bond acceptors (Lipinski definition) is 2. The van der Waals surface area contributed by atoms with E-state index in [-0.39, 0.29) is 0 Å². The molecule has 0 aliphatic carbocycles. The van der Waals surface area contributed by atoms with Gasteiger partial charge in [-0.2, -0.15) is 0 Å². The average molecular weight is 181 g/mol. The summed E-state index contributed by atoms with van der Waals surface area (Å²) in [5.74, 6) is 0.858. The highest BCUT2D eigenvalue weighted by molar-refractivity contribution is 6.56.